The van der Waals surface area contributed by atoms with Crippen molar-refractivity contribution in [3.63, 3.8) is 0 Å². The van der Waals surface area contributed by atoms with Crippen molar-refractivity contribution in [3.8, 4) is 0 Å². The van der Waals surface area contributed by atoms with E-state index in [-0.39, 0.29) is 11.0 Å². The monoisotopic (exact) mass is 238 g/mol. The van der Waals surface area contributed by atoms with E-state index in [1.165, 1.54) is 10.8 Å². The fraction of sp³-hybridized carbons (Fsp3) is 0. The van der Waals surface area contributed by atoms with Gasteiger partial charge >= 0.3 is 0 Å². The molecule has 0 nitrogen and oxygen atoms in total. The molecule has 0 aliphatic heterocycles. The van der Waals surface area contributed by atoms with Crippen LogP contribution >= 0.6 is 15.9 Å². The van der Waals surface area contributed by atoms with Crippen LogP contribution in [-0.2, 0) is 0 Å². The van der Waals surface area contributed by atoms with Gasteiger partial charge in [-0.3, -0.25) is 0 Å². The van der Waals surface area contributed by atoms with Gasteiger partial charge in [-0.2, -0.15) is 0 Å². The molecule has 0 radical (unpaired) electrons. The molecule has 0 amide bonds. The van der Waals surface area contributed by atoms with Crippen molar-refractivity contribution in [2.24, 2.45) is 0 Å². The highest BCUT2D eigenvalue weighted by Crippen LogP contribution is 2.22. The first-order chi connectivity index (χ1) is 5.38. The van der Waals surface area contributed by atoms with Crippen LogP contribution in [0.2, 0.25) is 0 Å². The quantitative estimate of drug-likeness (QED) is 0.618. The van der Waals surface area contributed by atoms with E-state index >= 15 is 0 Å². The molecule has 2 aromatic carbocycles. The minimum atomic E-state index is 0. The summed E-state index contributed by atoms with van der Waals surface area (Å²) < 4.78 is 1.16. The van der Waals surface area contributed by atoms with Gasteiger partial charge < -0.3 is 0 Å². The second kappa shape index (κ2) is 3.87. The summed E-state index contributed by atoms with van der Waals surface area (Å²) in [4.78, 5) is 0. The van der Waals surface area contributed by atoms with Gasteiger partial charge in [-0.15, -0.1) is 0 Å². The van der Waals surface area contributed by atoms with Crippen LogP contribution in [0, 0.1) is 0 Å². The first-order valence-corrected chi connectivity index (χ1v) is 4.30. The fourth-order valence-corrected chi connectivity index (χ4v) is 1.70. The lowest BCUT2D eigenvalue weighted by atomic mass is 10.1. The Balaban J connectivity index is 0.000000720. The van der Waals surface area contributed by atoms with Crippen LogP contribution in [0.4, 0.5) is 0 Å². The number of rotatable bonds is 0. The van der Waals surface area contributed by atoms with Crippen molar-refractivity contribution >= 4 is 37.7 Å². The Morgan fingerprint density at radius 2 is 1.50 bits per heavy atom. The number of hydrogen-bond donors (Lipinski definition) is 0. The van der Waals surface area contributed by atoms with Crippen LogP contribution in [0.25, 0.3) is 10.8 Å². The van der Waals surface area contributed by atoms with Crippen LogP contribution < -0.4 is 0 Å². The first-order valence-electron chi connectivity index (χ1n) is 3.51. The molecular formula is C10H11BrSi. The summed E-state index contributed by atoms with van der Waals surface area (Å²) >= 11 is 3.50. The zero-order valence-corrected chi connectivity index (χ0v) is 7.51. The minimum Gasteiger partial charge on any atom is -0.0616 e. The Morgan fingerprint density at radius 1 is 0.833 bits per heavy atom. The number of hydrogen-bond acceptors (Lipinski definition) is 0. The maximum absolute atomic E-state index is 3.50. The van der Waals surface area contributed by atoms with E-state index in [9.17, 15) is 0 Å². The van der Waals surface area contributed by atoms with Crippen LogP contribution in [0.15, 0.2) is 46.9 Å². The molecule has 0 aliphatic rings. The van der Waals surface area contributed by atoms with Gasteiger partial charge in [-0.1, -0.05) is 52.3 Å². The Morgan fingerprint density at radius 3 is 2.25 bits per heavy atom. The van der Waals surface area contributed by atoms with Crippen molar-refractivity contribution in [1.29, 1.82) is 0 Å². The number of fused-ring (bicyclic) bond motifs is 1. The highest BCUT2D eigenvalue weighted by Gasteiger charge is 1.93. The van der Waals surface area contributed by atoms with E-state index in [0.29, 0.717) is 0 Å². The topological polar surface area (TPSA) is 0 Å². The molecular weight excluding hydrogens is 228 g/mol. The molecule has 0 atom stereocenters. The summed E-state index contributed by atoms with van der Waals surface area (Å²) in [6, 6.07) is 14.5. The van der Waals surface area contributed by atoms with E-state index in [2.05, 4.69) is 46.3 Å². The van der Waals surface area contributed by atoms with Crippen molar-refractivity contribution in [1.82, 2.24) is 0 Å². The van der Waals surface area contributed by atoms with Gasteiger partial charge in [0.15, 0.2) is 0 Å². The normalized spacial score (nSPS) is 9.42. The summed E-state index contributed by atoms with van der Waals surface area (Å²) in [5.74, 6) is 0. The largest absolute Gasteiger partial charge is 0.0616 e. The molecule has 0 bridgehead atoms. The van der Waals surface area contributed by atoms with E-state index in [4.69, 9.17) is 0 Å². The smallest absolute Gasteiger partial charge is 0.0253 e. The van der Waals surface area contributed by atoms with Gasteiger partial charge in [-0.05, 0) is 27.8 Å². The Hall–Kier alpha value is -0.603. The van der Waals surface area contributed by atoms with Crippen molar-refractivity contribution in [2.45, 2.75) is 0 Å². The molecule has 2 rings (SSSR count). The van der Waals surface area contributed by atoms with Gasteiger partial charge in [0.1, 0.15) is 0 Å². The molecule has 12 heavy (non-hydrogen) atoms. The third-order valence-electron chi connectivity index (χ3n) is 1.74. The van der Waals surface area contributed by atoms with Gasteiger partial charge in [0.25, 0.3) is 0 Å². The molecule has 0 spiro atoms. The Bertz CT molecular complexity index is 379. The van der Waals surface area contributed by atoms with Gasteiger partial charge in [0.2, 0.25) is 0 Å². The fourth-order valence-electron chi connectivity index (χ4n) is 1.19. The Labute approximate surface area is 84.8 Å². The molecule has 0 N–H and O–H groups in total. The number of halogens is 1. The standard InChI is InChI=1S/C10H7Br.H4Si/c11-10-7-3-5-8-4-1-2-6-9(8)10;/h1-7H;1H4. The van der Waals surface area contributed by atoms with Crippen molar-refractivity contribution in [3.05, 3.63) is 46.9 Å². The zero-order valence-electron chi connectivity index (χ0n) is 5.92. The van der Waals surface area contributed by atoms with E-state index in [1.54, 1.807) is 0 Å². The van der Waals surface area contributed by atoms with E-state index < -0.39 is 0 Å². The predicted molar refractivity (Wildman–Crippen MR) is 63.0 cm³/mol. The van der Waals surface area contributed by atoms with Gasteiger partial charge in [0, 0.05) is 4.47 Å². The van der Waals surface area contributed by atoms with Crippen LogP contribution in [0.1, 0.15) is 0 Å². The maximum Gasteiger partial charge on any atom is 0.0253 e. The first kappa shape index (κ1) is 9.48. The minimum absolute atomic E-state index is 0. The lowest BCUT2D eigenvalue weighted by Crippen LogP contribution is -1.71. The SMILES string of the molecule is Brc1cccc2ccccc12.[SiH4]. The number of benzene rings is 2. The highest BCUT2D eigenvalue weighted by molar-refractivity contribution is 9.10. The third kappa shape index (κ3) is 1.59. The highest BCUT2D eigenvalue weighted by atomic mass is 79.9. The lowest BCUT2D eigenvalue weighted by molar-refractivity contribution is 1.71. The molecule has 0 saturated heterocycles. The Kier molecular flexibility index (Phi) is 3.06. The average Bonchev–Trinajstić information content (AvgIpc) is 2.06. The summed E-state index contributed by atoms with van der Waals surface area (Å²) in [7, 11) is 0. The van der Waals surface area contributed by atoms with Crippen LogP contribution in [-0.4, -0.2) is 11.0 Å². The van der Waals surface area contributed by atoms with Crippen molar-refractivity contribution < 1.29 is 0 Å². The van der Waals surface area contributed by atoms with Crippen LogP contribution in [0.5, 0.6) is 0 Å². The predicted octanol–water partition coefficient (Wildman–Crippen LogP) is 2.15. The molecule has 0 aliphatic carbocycles. The molecule has 2 aromatic rings. The lowest BCUT2D eigenvalue weighted by Gasteiger charge is -1.97. The molecule has 0 fully saturated rings. The summed E-state index contributed by atoms with van der Waals surface area (Å²) in [5, 5.41) is 2.55. The summed E-state index contributed by atoms with van der Waals surface area (Å²) in [6.45, 7) is 0. The molecule has 62 valence electrons. The van der Waals surface area contributed by atoms with Gasteiger partial charge in [-0.25, -0.2) is 0 Å². The molecule has 0 heterocycles. The summed E-state index contributed by atoms with van der Waals surface area (Å²) in [6.07, 6.45) is 0. The molecule has 0 aromatic heterocycles. The van der Waals surface area contributed by atoms with E-state index in [0.717, 1.165) is 4.47 Å². The van der Waals surface area contributed by atoms with Crippen molar-refractivity contribution in [2.75, 3.05) is 0 Å². The van der Waals surface area contributed by atoms with Gasteiger partial charge in [0.05, 0.1) is 0 Å². The summed E-state index contributed by atoms with van der Waals surface area (Å²) in [5.41, 5.74) is 0. The average molecular weight is 239 g/mol. The van der Waals surface area contributed by atoms with Crippen LogP contribution in [0.3, 0.4) is 0 Å². The molecule has 0 unspecified atom stereocenters. The molecule has 0 saturated carbocycles. The maximum atomic E-state index is 3.50. The zero-order chi connectivity index (χ0) is 7.68. The third-order valence-corrected chi connectivity index (χ3v) is 2.43. The van der Waals surface area contributed by atoms with E-state index in [1.807, 2.05) is 12.1 Å². The second-order valence-corrected chi connectivity index (χ2v) is 3.32. The molecule has 2 heteroatoms. The second-order valence-electron chi connectivity index (χ2n) is 2.46.